The molecule has 0 bridgehead atoms. The fourth-order valence-electron chi connectivity index (χ4n) is 2.01. The van der Waals surface area contributed by atoms with E-state index in [0.29, 0.717) is 5.16 Å². The molecule has 106 valence electrons. The molecule has 0 saturated heterocycles. The van der Waals surface area contributed by atoms with Crippen LogP contribution in [0.4, 0.5) is 0 Å². The average Bonchev–Trinajstić information content (AvgIpc) is 2.64. The number of nitriles is 1. The van der Waals surface area contributed by atoms with E-state index in [2.05, 4.69) is 11.1 Å². The summed E-state index contributed by atoms with van der Waals surface area (Å²) in [4.78, 5) is 19.2. The van der Waals surface area contributed by atoms with Crippen molar-refractivity contribution >= 4 is 33.3 Å². The van der Waals surface area contributed by atoms with E-state index < -0.39 is 0 Å². The normalized spacial score (nSPS) is 12.8. The largest absolute Gasteiger partial charge is 0.284 e. The smallest absolute Gasteiger partial charge is 0.263 e. The van der Waals surface area contributed by atoms with E-state index >= 15 is 0 Å². The number of hydrogen-bond acceptors (Lipinski definition) is 5. The predicted molar refractivity (Wildman–Crippen MR) is 84.7 cm³/mol. The lowest BCUT2D eigenvalue weighted by Gasteiger charge is -2.15. The van der Waals surface area contributed by atoms with Gasteiger partial charge >= 0.3 is 0 Å². The van der Waals surface area contributed by atoms with Gasteiger partial charge in [0.25, 0.3) is 5.56 Å². The second kappa shape index (κ2) is 5.58. The standard InChI is InChI=1S/C14H17N3OS2/c1-7(2)17-13(18)11-9(4)10(5)20-12(11)16-14(17)19-8(3)6-15/h7-8H,1-5H3. The molecule has 0 aliphatic heterocycles. The van der Waals surface area contributed by atoms with E-state index in [1.54, 1.807) is 15.9 Å². The van der Waals surface area contributed by atoms with E-state index in [1.807, 2.05) is 34.6 Å². The van der Waals surface area contributed by atoms with Crippen molar-refractivity contribution in [1.82, 2.24) is 9.55 Å². The minimum absolute atomic E-state index is 0.000472. The number of fused-ring (bicyclic) bond motifs is 1. The third kappa shape index (κ3) is 2.48. The van der Waals surface area contributed by atoms with Crippen LogP contribution in [0.3, 0.4) is 0 Å². The highest BCUT2D eigenvalue weighted by molar-refractivity contribution is 8.00. The summed E-state index contributed by atoms with van der Waals surface area (Å²) >= 11 is 2.88. The maximum atomic E-state index is 12.7. The zero-order valence-corrected chi connectivity index (χ0v) is 13.9. The van der Waals surface area contributed by atoms with Crippen LogP contribution in [0.5, 0.6) is 0 Å². The number of aryl methyl sites for hydroxylation is 2. The third-order valence-electron chi connectivity index (χ3n) is 3.18. The second-order valence-electron chi connectivity index (χ2n) is 5.02. The van der Waals surface area contributed by atoms with Crippen LogP contribution in [-0.2, 0) is 0 Å². The Morgan fingerprint density at radius 1 is 1.35 bits per heavy atom. The topological polar surface area (TPSA) is 58.7 Å². The van der Waals surface area contributed by atoms with Crippen LogP contribution in [0.2, 0.25) is 0 Å². The molecule has 0 aromatic carbocycles. The van der Waals surface area contributed by atoms with Crippen molar-refractivity contribution in [3.63, 3.8) is 0 Å². The van der Waals surface area contributed by atoms with Crippen LogP contribution in [0.15, 0.2) is 9.95 Å². The van der Waals surface area contributed by atoms with Gasteiger partial charge in [0.15, 0.2) is 5.16 Å². The van der Waals surface area contributed by atoms with Crippen molar-refractivity contribution in [3.8, 4) is 6.07 Å². The highest BCUT2D eigenvalue weighted by Crippen LogP contribution is 2.30. The molecular weight excluding hydrogens is 290 g/mol. The number of thioether (sulfide) groups is 1. The van der Waals surface area contributed by atoms with Crippen molar-refractivity contribution in [2.75, 3.05) is 0 Å². The molecule has 1 atom stereocenters. The van der Waals surface area contributed by atoms with Crippen molar-refractivity contribution in [3.05, 3.63) is 20.8 Å². The van der Waals surface area contributed by atoms with Gasteiger partial charge in [0.2, 0.25) is 0 Å². The number of nitrogens with zero attached hydrogens (tertiary/aromatic N) is 3. The van der Waals surface area contributed by atoms with Crippen LogP contribution in [0.1, 0.15) is 37.3 Å². The zero-order valence-electron chi connectivity index (χ0n) is 12.2. The van der Waals surface area contributed by atoms with E-state index in [0.717, 1.165) is 20.7 Å². The van der Waals surface area contributed by atoms with Crippen LogP contribution in [0.25, 0.3) is 10.2 Å². The fourth-order valence-corrected chi connectivity index (χ4v) is 4.01. The van der Waals surface area contributed by atoms with Gasteiger partial charge in [0.1, 0.15) is 4.83 Å². The summed E-state index contributed by atoms with van der Waals surface area (Å²) in [5.74, 6) is 0. The molecule has 2 heterocycles. The van der Waals surface area contributed by atoms with Gasteiger partial charge < -0.3 is 0 Å². The van der Waals surface area contributed by atoms with E-state index in [4.69, 9.17) is 5.26 Å². The molecule has 1 unspecified atom stereocenters. The molecule has 4 nitrogen and oxygen atoms in total. The molecule has 0 aliphatic rings. The SMILES string of the molecule is Cc1sc2nc(SC(C)C#N)n(C(C)C)c(=O)c2c1C. The Labute approximate surface area is 126 Å². The van der Waals surface area contributed by atoms with Crippen LogP contribution < -0.4 is 5.56 Å². The first-order valence-corrected chi connectivity index (χ1v) is 8.15. The number of aromatic nitrogens is 2. The molecule has 2 rings (SSSR count). The molecule has 0 aliphatic carbocycles. The summed E-state index contributed by atoms with van der Waals surface area (Å²) in [5, 5.41) is 10.1. The lowest BCUT2D eigenvalue weighted by atomic mass is 10.2. The van der Waals surface area contributed by atoms with Gasteiger partial charge in [-0.25, -0.2) is 4.98 Å². The first-order valence-electron chi connectivity index (χ1n) is 6.45. The minimum atomic E-state index is -0.230. The Bertz CT molecular complexity index is 752. The molecule has 2 aromatic heterocycles. The van der Waals surface area contributed by atoms with E-state index in [1.165, 1.54) is 11.8 Å². The second-order valence-corrected chi connectivity index (χ2v) is 7.53. The van der Waals surface area contributed by atoms with Crippen molar-refractivity contribution in [2.24, 2.45) is 0 Å². The zero-order chi connectivity index (χ0) is 15.0. The van der Waals surface area contributed by atoms with Crippen molar-refractivity contribution < 1.29 is 0 Å². The van der Waals surface area contributed by atoms with Crippen molar-refractivity contribution in [2.45, 2.75) is 51.1 Å². The van der Waals surface area contributed by atoms with Crippen LogP contribution in [0, 0.1) is 25.2 Å². The fraction of sp³-hybridized carbons (Fsp3) is 0.500. The molecule has 20 heavy (non-hydrogen) atoms. The molecule has 0 amide bonds. The highest BCUT2D eigenvalue weighted by Gasteiger charge is 2.19. The molecule has 0 N–H and O–H groups in total. The van der Waals surface area contributed by atoms with Gasteiger partial charge in [-0.3, -0.25) is 9.36 Å². The summed E-state index contributed by atoms with van der Waals surface area (Å²) in [5.41, 5.74) is 1.02. The first-order chi connectivity index (χ1) is 9.36. The van der Waals surface area contributed by atoms with E-state index in [9.17, 15) is 4.79 Å². The van der Waals surface area contributed by atoms with Gasteiger partial charge in [-0.2, -0.15) is 5.26 Å². The first kappa shape index (κ1) is 15.1. The average molecular weight is 307 g/mol. The minimum Gasteiger partial charge on any atom is -0.284 e. The van der Waals surface area contributed by atoms with Gasteiger partial charge in [0, 0.05) is 10.9 Å². The van der Waals surface area contributed by atoms with Crippen molar-refractivity contribution in [1.29, 1.82) is 5.26 Å². The Kier molecular flexibility index (Phi) is 4.21. The molecule has 0 spiro atoms. The Morgan fingerprint density at radius 2 is 2.00 bits per heavy atom. The van der Waals surface area contributed by atoms with Crippen LogP contribution >= 0.6 is 23.1 Å². The number of rotatable bonds is 3. The number of thiophene rings is 1. The highest BCUT2D eigenvalue weighted by atomic mass is 32.2. The Morgan fingerprint density at radius 3 is 2.55 bits per heavy atom. The Balaban J connectivity index is 2.78. The molecular formula is C14H17N3OS2. The lowest BCUT2D eigenvalue weighted by Crippen LogP contribution is -2.25. The summed E-state index contributed by atoms with van der Waals surface area (Å²) in [6.45, 7) is 9.71. The van der Waals surface area contributed by atoms with Crippen LogP contribution in [-0.4, -0.2) is 14.8 Å². The quantitative estimate of drug-likeness (QED) is 0.641. The third-order valence-corrected chi connectivity index (χ3v) is 5.24. The lowest BCUT2D eigenvalue weighted by molar-refractivity contribution is 0.519. The predicted octanol–water partition coefficient (Wildman–Crippen LogP) is 3.66. The number of hydrogen-bond donors (Lipinski definition) is 0. The maximum Gasteiger partial charge on any atom is 0.263 e. The van der Waals surface area contributed by atoms with E-state index in [-0.39, 0.29) is 16.9 Å². The van der Waals surface area contributed by atoms with Gasteiger partial charge in [0.05, 0.1) is 16.7 Å². The van der Waals surface area contributed by atoms with Gasteiger partial charge in [-0.15, -0.1) is 11.3 Å². The maximum absolute atomic E-state index is 12.7. The molecule has 2 aromatic rings. The summed E-state index contributed by atoms with van der Waals surface area (Å²) in [7, 11) is 0. The summed E-state index contributed by atoms with van der Waals surface area (Å²) < 4.78 is 1.69. The molecule has 0 radical (unpaired) electrons. The summed E-state index contributed by atoms with van der Waals surface area (Å²) in [6, 6.07) is 2.20. The molecule has 6 heteroatoms. The van der Waals surface area contributed by atoms with Gasteiger partial charge in [-0.1, -0.05) is 11.8 Å². The van der Waals surface area contributed by atoms with Gasteiger partial charge in [-0.05, 0) is 40.2 Å². The monoisotopic (exact) mass is 307 g/mol. The summed E-state index contributed by atoms with van der Waals surface area (Å²) in [6.07, 6.45) is 0. The molecule has 0 saturated carbocycles. The Hall–Kier alpha value is -1.32. The molecule has 0 fully saturated rings.